The summed E-state index contributed by atoms with van der Waals surface area (Å²) >= 11 is 5.40. The van der Waals surface area contributed by atoms with Crippen LogP contribution >= 0.6 is 35.3 Å². The van der Waals surface area contributed by atoms with Crippen molar-refractivity contribution in [2.45, 2.75) is 47.5 Å². The molecule has 0 aliphatic carbocycles. The molecule has 33 heavy (non-hydrogen) atoms. The van der Waals surface area contributed by atoms with Crippen LogP contribution in [0.4, 0.5) is 0 Å². The SMILES string of the molecule is CCOC(=O)CCCC(C#Cc1cc2c(cc1SC)OCCC2(SC)SC)c1cnccn1. The van der Waals surface area contributed by atoms with Gasteiger partial charge in [-0.3, -0.25) is 14.8 Å². The summed E-state index contributed by atoms with van der Waals surface area (Å²) in [6.07, 6.45) is 14.2. The summed E-state index contributed by atoms with van der Waals surface area (Å²) in [6, 6.07) is 4.33. The number of ether oxygens (including phenoxy) is 2. The molecule has 1 aromatic heterocycles. The highest BCUT2D eigenvalue weighted by Crippen LogP contribution is 2.53. The highest BCUT2D eigenvalue weighted by atomic mass is 32.2. The average Bonchev–Trinajstić information content (AvgIpc) is 2.85. The number of benzene rings is 1. The highest BCUT2D eigenvalue weighted by Gasteiger charge is 2.37. The lowest BCUT2D eigenvalue weighted by atomic mass is 9.97. The van der Waals surface area contributed by atoms with Crippen molar-refractivity contribution in [3.8, 4) is 17.6 Å². The molecule has 0 saturated carbocycles. The van der Waals surface area contributed by atoms with Crippen molar-refractivity contribution in [3.05, 3.63) is 47.5 Å². The third kappa shape index (κ3) is 6.40. The molecule has 1 atom stereocenters. The van der Waals surface area contributed by atoms with Gasteiger partial charge in [0.25, 0.3) is 0 Å². The third-order valence-corrected chi connectivity index (χ3v) is 9.51. The minimum absolute atomic E-state index is 0.0229. The monoisotopic (exact) mass is 502 g/mol. The summed E-state index contributed by atoms with van der Waals surface area (Å²) < 4.78 is 11.1. The first-order valence-corrected chi connectivity index (χ1v) is 14.6. The molecule has 0 N–H and O–H groups in total. The van der Waals surface area contributed by atoms with E-state index in [0.717, 1.165) is 34.9 Å². The second-order valence-electron chi connectivity index (χ2n) is 7.46. The van der Waals surface area contributed by atoms with Crippen molar-refractivity contribution < 1.29 is 14.3 Å². The number of thioether (sulfide) groups is 3. The Kier molecular flexibility index (Phi) is 9.84. The minimum Gasteiger partial charge on any atom is -0.493 e. The van der Waals surface area contributed by atoms with Crippen LogP contribution in [0.1, 0.15) is 55.3 Å². The largest absolute Gasteiger partial charge is 0.493 e. The molecule has 2 heterocycles. The molecule has 5 nitrogen and oxygen atoms in total. The van der Waals surface area contributed by atoms with Crippen LogP contribution in [0.2, 0.25) is 0 Å². The van der Waals surface area contributed by atoms with E-state index in [-0.39, 0.29) is 16.0 Å². The van der Waals surface area contributed by atoms with E-state index in [1.165, 1.54) is 5.56 Å². The van der Waals surface area contributed by atoms with Crippen LogP contribution in [0.3, 0.4) is 0 Å². The van der Waals surface area contributed by atoms with E-state index in [1.807, 2.05) is 30.4 Å². The second-order valence-corrected chi connectivity index (χ2v) is 10.8. The van der Waals surface area contributed by atoms with Crippen molar-refractivity contribution in [1.82, 2.24) is 9.97 Å². The summed E-state index contributed by atoms with van der Waals surface area (Å²) in [5.74, 6) is 7.54. The van der Waals surface area contributed by atoms with Gasteiger partial charge in [-0.2, -0.15) is 0 Å². The zero-order valence-electron chi connectivity index (χ0n) is 19.6. The Morgan fingerprint density at radius 2 is 2.09 bits per heavy atom. The fourth-order valence-electron chi connectivity index (χ4n) is 3.82. The van der Waals surface area contributed by atoms with E-state index in [0.29, 0.717) is 25.9 Å². The quantitative estimate of drug-likeness (QED) is 0.186. The summed E-state index contributed by atoms with van der Waals surface area (Å²) in [4.78, 5) is 21.6. The van der Waals surface area contributed by atoms with Gasteiger partial charge in [0.1, 0.15) is 5.75 Å². The van der Waals surface area contributed by atoms with Gasteiger partial charge in [-0.25, -0.2) is 0 Å². The predicted molar refractivity (Wildman–Crippen MR) is 139 cm³/mol. The van der Waals surface area contributed by atoms with Gasteiger partial charge in [-0.15, -0.1) is 35.3 Å². The van der Waals surface area contributed by atoms with Gasteiger partial charge in [-0.1, -0.05) is 11.8 Å². The van der Waals surface area contributed by atoms with Gasteiger partial charge >= 0.3 is 5.97 Å². The van der Waals surface area contributed by atoms with E-state index in [2.05, 4.69) is 52.7 Å². The molecule has 1 aliphatic heterocycles. The van der Waals surface area contributed by atoms with Crippen molar-refractivity contribution in [3.63, 3.8) is 0 Å². The lowest BCUT2D eigenvalue weighted by Crippen LogP contribution is -2.26. The van der Waals surface area contributed by atoms with Crippen LogP contribution < -0.4 is 4.74 Å². The number of hydrogen-bond acceptors (Lipinski definition) is 8. The normalized spacial score (nSPS) is 14.9. The molecule has 0 fully saturated rings. The summed E-state index contributed by atoms with van der Waals surface area (Å²) in [7, 11) is 0. The molecule has 2 aromatic rings. The maximum Gasteiger partial charge on any atom is 0.305 e. The van der Waals surface area contributed by atoms with Crippen LogP contribution in [0.5, 0.6) is 5.75 Å². The number of fused-ring (bicyclic) bond motifs is 1. The second kappa shape index (κ2) is 12.6. The van der Waals surface area contributed by atoms with Crippen LogP contribution in [-0.2, 0) is 13.6 Å². The van der Waals surface area contributed by atoms with Gasteiger partial charge in [0.15, 0.2) is 0 Å². The standard InChI is InChI=1S/C25H30N2O3S3/c1-5-29-24(28)8-6-7-18(21-17-26-12-13-27-21)9-10-19-15-20-22(16-23(19)31-2)30-14-11-25(20,32-3)33-4/h12-13,15-18H,5-8,11,14H2,1-4H3. The maximum absolute atomic E-state index is 11.8. The Hall–Kier alpha value is -1.82. The predicted octanol–water partition coefficient (Wildman–Crippen LogP) is 5.73. The number of hydrogen-bond donors (Lipinski definition) is 0. The molecule has 1 aromatic carbocycles. The zero-order chi connectivity index (χ0) is 23.7. The average molecular weight is 503 g/mol. The molecule has 0 amide bonds. The zero-order valence-corrected chi connectivity index (χ0v) is 22.0. The van der Waals surface area contributed by atoms with E-state index >= 15 is 0 Å². The van der Waals surface area contributed by atoms with E-state index < -0.39 is 0 Å². The number of aromatic nitrogens is 2. The topological polar surface area (TPSA) is 61.3 Å². The summed E-state index contributed by atoms with van der Waals surface area (Å²) in [5, 5.41) is 0. The van der Waals surface area contributed by atoms with E-state index in [9.17, 15) is 4.79 Å². The number of carbonyl (C=O) groups excluding carboxylic acids is 1. The molecule has 1 aliphatic rings. The molecule has 8 heteroatoms. The smallest absolute Gasteiger partial charge is 0.305 e. The number of carbonyl (C=O) groups is 1. The lowest BCUT2D eigenvalue weighted by molar-refractivity contribution is -0.143. The van der Waals surface area contributed by atoms with Crippen LogP contribution in [0.15, 0.2) is 35.6 Å². The molecule has 1 unspecified atom stereocenters. The molecular weight excluding hydrogens is 472 g/mol. The van der Waals surface area contributed by atoms with Gasteiger partial charge in [-0.05, 0) is 50.7 Å². The Bertz CT molecular complexity index is 1000. The number of nitrogens with zero attached hydrogens (tertiary/aromatic N) is 2. The fraction of sp³-hybridized carbons (Fsp3) is 0.480. The highest BCUT2D eigenvalue weighted by molar-refractivity contribution is 8.16. The third-order valence-electron chi connectivity index (χ3n) is 5.56. The maximum atomic E-state index is 11.8. The molecule has 0 radical (unpaired) electrons. The first-order valence-electron chi connectivity index (χ1n) is 11.0. The van der Waals surface area contributed by atoms with Crippen molar-refractivity contribution in [2.75, 3.05) is 32.0 Å². The Labute approximate surface area is 209 Å². The molecule has 0 saturated heterocycles. The fourth-order valence-corrected chi connectivity index (χ4v) is 6.37. The summed E-state index contributed by atoms with van der Waals surface area (Å²) in [6.45, 7) is 2.95. The summed E-state index contributed by atoms with van der Waals surface area (Å²) in [5.41, 5.74) is 3.02. The molecule has 3 rings (SSSR count). The first kappa shape index (κ1) is 25.8. The molecule has 176 valence electrons. The van der Waals surface area contributed by atoms with Crippen LogP contribution in [0, 0.1) is 11.8 Å². The lowest BCUT2D eigenvalue weighted by Gasteiger charge is -2.36. The van der Waals surface area contributed by atoms with E-state index in [1.54, 1.807) is 30.4 Å². The van der Waals surface area contributed by atoms with Crippen LogP contribution in [0.25, 0.3) is 0 Å². The van der Waals surface area contributed by atoms with Crippen molar-refractivity contribution >= 4 is 41.3 Å². The molecular formula is C25H30N2O3S3. The Morgan fingerprint density at radius 1 is 1.27 bits per heavy atom. The van der Waals surface area contributed by atoms with Crippen molar-refractivity contribution in [2.24, 2.45) is 0 Å². The number of esters is 1. The molecule has 0 bridgehead atoms. The first-order chi connectivity index (χ1) is 16.1. The van der Waals surface area contributed by atoms with Crippen LogP contribution in [-0.4, -0.2) is 47.9 Å². The Morgan fingerprint density at radius 3 is 2.76 bits per heavy atom. The number of rotatable bonds is 9. The van der Waals surface area contributed by atoms with Gasteiger partial charge < -0.3 is 9.47 Å². The Balaban J connectivity index is 1.93. The minimum atomic E-state index is -0.173. The van der Waals surface area contributed by atoms with Gasteiger partial charge in [0.2, 0.25) is 0 Å². The van der Waals surface area contributed by atoms with E-state index in [4.69, 9.17) is 9.47 Å². The van der Waals surface area contributed by atoms with Crippen molar-refractivity contribution in [1.29, 1.82) is 0 Å². The molecule has 0 spiro atoms. The van der Waals surface area contributed by atoms with Gasteiger partial charge in [0, 0.05) is 47.5 Å². The van der Waals surface area contributed by atoms with Gasteiger partial charge in [0.05, 0.1) is 28.9 Å².